The first-order valence-corrected chi connectivity index (χ1v) is 12.7. The maximum Gasteiger partial charge on any atom is 0.255 e. The van der Waals surface area contributed by atoms with Crippen molar-refractivity contribution in [1.82, 2.24) is 14.2 Å². The Bertz CT molecular complexity index is 1230. The van der Waals surface area contributed by atoms with Crippen molar-refractivity contribution in [3.63, 3.8) is 0 Å². The van der Waals surface area contributed by atoms with Gasteiger partial charge in [-0.05, 0) is 36.4 Å². The Balaban J connectivity index is 1.42. The van der Waals surface area contributed by atoms with Crippen molar-refractivity contribution in [3.05, 3.63) is 84.1 Å². The van der Waals surface area contributed by atoms with E-state index in [2.05, 4.69) is 22.1 Å². The number of hydrogen-bond donors (Lipinski definition) is 1. The summed E-state index contributed by atoms with van der Waals surface area (Å²) in [4.78, 5) is 19.4. The number of nitrogens with zero attached hydrogens (tertiary/aromatic N) is 3. The number of sulfonamides is 1. The van der Waals surface area contributed by atoms with Gasteiger partial charge >= 0.3 is 0 Å². The number of amides is 1. The lowest BCUT2D eigenvalue weighted by Gasteiger charge is -2.33. The third-order valence-electron chi connectivity index (χ3n) is 5.73. The van der Waals surface area contributed by atoms with Crippen LogP contribution in [0.3, 0.4) is 0 Å². The minimum Gasteiger partial charge on any atom is -0.473 e. The first-order valence-electron chi connectivity index (χ1n) is 11.2. The van der Waals surface area contributed by atoms with Gasteiger partial charge in [0.1, 0.15) is 6.61 Å². The average molecular weight is 481 g/mol. The monoisotopic (exact) mass is 480 g/mol. The maximum absolute atomic E-state index is 13.1. The van der Waals surface area contributed by atoms with E-state index in [1.54, 1.807) is 30.3 Å². The summed E-state index contributed by atoms with van der Waals surface area (Å²) in [6.07, 6.45) is 1.51. The second-order valence-corrected chi connectivity index (χ2v) is 9.92. The molecule has 2 aromatic carbocycles. The SMILES string of the molecule is CCN1CCN(S(=O)(=O)c2cccc(NC(=O)c3ccnc(OCc4ccccc4)c3)c2)CC1. The molecular weight excluding hydrogens is 452 g/mol. The summed E-state index contributed by atoms with van der Waals surface area (Å²) in [6.45, 7) is 5.64. The molecule has 2 heterocycles. The minimum atomic E-state index is -3.63. The number of benzene rings is 2. The van der Waals surface area contributed by atoms with Crippen molar-refractivity contribution in [2.24, 2.45) is 0 Å². The third-order valence-corrected chi connectivity index (χ3v) is 7.63. The third kappa shape index (κ3) is 5.80. The lowest BCUT2D eigenvalue weighted by Crippen LogP contribution is -2.48. The quantitative estimate of drug-likeness (QED) is 0.532. The van der Waals surface area contributed by atoms with Crippen LogP contribution in [0.2, 0.25) is 0 Å². The smallest absolute Gasteiger partial charge is 0.255 e. The van der Waals surface area contributed by atoms with Crippen LogP contribution in [0.15, 0.2) is 77.8 Å². The molecule has 0 bridgehead atoms. The zero-order chi connectivity index (χ0) is 24.0. The fourth-order valence-electron chi connectivity index (χ4n) is 3.73. The highest BCUT2D eigenvalue weighted by atomic mass is 32.2. The number of carbonyl (C=O) groups excluding carboxylic acids is 1. The van der Waals surface area contributed by atoms with E-state index in [-0.39, 0.29) is 10.8 Å². The lowest BCUT2D eigenvalue weighted by atomic mass is 10.2. The molecular formula is C25H28N4O4S. The Kier molecular flexibility index (Phi) is 7.56. The first kappa shape index (κ1) is 23.9. The number of carbonyl (C=O) groups is 1. The van der Waals surface area contributed by atoms with Gasteiger partial charge in [-0.1, -0.05) is 43.3 Å². The van der Waals surface area contributed by atoms with E-state index < -0.39 is 10.0 Å². The molecule has 1 fully saturated rings. The van der Waals surface area contributed by atoms with Crippen LogP contribution in [0.4, 0.5) is 5.69 Å². The van der Waals surface area contributed by atoms with Gasteiger partial charge in [0.2, 0.25) is 15.9 Å². The van der Waals surface area contributed by atoms with Gasteiger partial charge < -0.3 is 15.0 Å². The van der Waals surface area contributed by atoms with Gasteiger partial charge in [0, 0.05) is 49.7 Å². The summed E-state index contributed by atoms with van der Waals surface area (Å²) in [6, 6.07) is 19.2. The zero-order valence-electron chi connectivity index (χ0n) is 19.1. The Hall–Kier alpha value is -3.27. The minimum absolute atomic E-state index is 0.164. The van der Waals surface area contributed by atoms with Crippen LogP contribution < -0.4 is 10.1 Å². The molecule has 34 heavy (non-hydrogen) atoms. The molecule has 9 heteroatoms. The zero-order valence-corrected chi connectivity index (χ0v) is 19.9. The number of hydrogen-bond acceptors (Lipinski definition) is 6. The van der Waals surface area contributed by atoms with E-state index >= 15 is 0 Å². The van der Waals surface area contributed by atoms with Crippen LogP contribution in [0.1, 0.15) is 22.8 Å². The van der Waals surface area contributed by atoms with Gasteiger partial charge in [-0.25, -0.2) is 13.4 Å². The van der Waals surface area contributed by atoms with Crippen molar-refractivity contribution in [3.8, 4) is 5.88 Å². The highest BCUT2D eigenvalue weighted by Gasteiger charge is 2.28. The van der Waals surface area contributed by atoms with E-state index in [1.807, 2.05) is 30.3 Å². The predicted octanol–water partition coefficient (Wildman–Crippen LogP) is 3.24. The maximum atomic E-state index is 13.1. The van der Waals surface area contributed by atoms with Crippen LogP contribution in [-0.4, -0.2) is 61.2 Å². The summed E-state index contributed by atoms with van der Waals surface area (Å²) >= 11 is 0. The molecule has 0 radical (unpaired) electrons. The topological polar surface area (TPSA) is 91.8 Å². The number of aromatic nitrogens is 1. The van der Waals surface area contributed by atoms with Gasteiger partial charge in [-0.15, -0.1) is 0 Å². The number of rotatable bonds is 8. The van der Waals surface area contributed by atoms with Gasteiger partial charge in [-0.3, -0.25) is 4.79 Å². The highest BCUT2D eigenvalue weighted by Crippen LogP contribution is 2.22. The molecule has 4 rings (SSSR count). The molecule has 1 aliphatic heterocycles. The van der Waals surface area contributed by atoms with Gasteiger partial charge in [0.25, 0.3) is 5.91 Å². The van der Waals surface area contributed by atoms with Crippen molar-refractivity contribution in [1.29, 1.82) is 0 Å². The van der Waals surface area contributed by atoms with E-state index in [0.29, 0.717) is 49.9 Å². The van der Waals surface area contributed by atoms with Crippen molar-refractivity contribution in [2.45, 2.75) is 18.4 Å². The molecule has 1 aromatic heterocycles. The van der Waals surface area contributed by atoms with Crippen LogP contribution in [0.5, 0.6) is 5.88 Å². The van der Waals surface area contributed by atoms with E-state index in [1.165, 1.54) is 16.6 Å². The normalized spacial score (nSPS) is 15.1. The Morgan fingerprint density at radius 2 is 1.76 bits per heavy atom. The molecule has 0 spiro atoms. The molecule has 3 aromatic rings. The first-order chi connectivity index (χ1) is 16.5. The molecule has 0 unspecified atom stereocenters. The summed E-state index contributed by atoms with van der Waals surface area (Å²) in [5.74, 6) is -0.0443. The largest absolute Gasteiger partial charge is 0.473 e. The molecule has 1 aliphatic rings. The Morgan fingerprint density at radius 3 is 2.50 bits per heavy atom. The van der Waals surface area contributed by atoms with Crippen LogP contribution in [0.25, 0.3) is 0 Å². The van der Waals surface area contributed by atoms with E-state index in [0.717, 1.165) is 12.1 Å². The molecule has 178 valence electrons. The van der Waals surface area contributed by atoms with Crippen molar-refractivity contribution >= 4 is 21.6 Å². The second kappa shape index (κ2) is 10.8. The molecule has 1 N–H and O–H groups in total. The predicted molar refractivity (Wildman–Crippen MR) is 130 cm³/mol. The lowest BCUT2D eigenvalue weighted by molar-refractivity contribution is 0.102. The summed E-state index contributed by atoms with van der Waals surface area (Å²) in [7, 11) is -3.63. The van der Waals surface area contributed by atoms with Gasteiger partial charge in [0.05, 0.1) is 4.90 Å². The number of ether oxygens (including phenoxy) is 1. The fourth-order valence-corrected chi connectivity index (χ4v) is 5.20. The molecule has 0 aliphatic carbocycles. The summed E-state index contributed by atoms with van der Waals surface area (Å²) in [5, 5.41) is 2.78. The standard InChI is InChI=1S/C25H28N4O4S/c1-2-28-13-15-29(16-14-28)34(31,32)23-10-6-9-22(18-23)27-25(30)21-11-12-26-24(17-21)33-19-20-7-4-3-5-8-20/h3-12,17-18H,2,13-16,19H2,1H3,(H,27,30). The Labute approximate surface area is 200 Å². The summed E-state index contributed by atoms with van der Waals surface area (Å²) < 4.78 is 33.4. The van der Waals surface area contributed by atoms with Crippen molar-refractivity contribution in [2.75, 3.05) is 38.0 Å². The molecule has 0 atom stereocenters. The average Bonchev–Trinajstić information content (AvgIpc) is 2.88. The number of nitrogens with one attached hydrogen (secondary N) is 1. The molecule has 1 amide bonds. The molecule has 8 nitrogen and oxygen atoms in total. The number of pyridine rings is 1. The second-order valence-electron chi connectivity index (χ2n) is 7.98. The van der Waals surface area contributed by atoms with Crippen molar-refractivity contribution < 1.29 is 17.9 Å². The Morgan fingerprint density at radius 1 is 1.00 bits per heavy atom. The van der Waals surface area contributed by atoms with Crippen LogP contribution >= 0.6 is 0 Å². The van der Waals surface area contributed by atoms with Gasteiger partial charge in [0.15, 0.2) is 0 Å². The van der Waals surface area contributed by atoms with E-state index in [4.69, 9.17) is 4.74 Å². The number of piperazine rings is 1. The van der Waals surface area contributed by atoms with Gasteiger partial charge in [-0.2, -0.15) is 4.31 Å². The highest BCUT2D eigenvalue weighted by molar-refractivity contribution is 7.89. The molecule has 0 saturated carbocycles. The fraction of sp³-hybridized carbons (Fsp3) is 0.280. The summed E-state index contributed by atoms with van der Waals surface area (Å²) in [5.41, 5.74) is 1.76. The number of anilines is 1. The van der Waals surface area contributed by atoms with E-state index in [9.17, 15) is 13.2 Å². The van der Waals surface area contributed by atoms with Crippen LogP contribution in [0, 0.1) is 0 Å². The van der Waals surface area contributed by atoms with Crippen LogP contribution in [-0.2, 0) is 16.6 Å². The molecule has 1 saturated heterocycles. The number of likely N-dealkylation sites (N-methyl/N-ethyl adjacent to an activating group) is 1.